The Bertz CT molecular complexity index is 886. The molecule has 0 atom stereocenters. The minimum Gasteiger partial charge on any atom is -0.236 e. The van der Waals surface area contributed by atoms with Crippen molar-refractivity contribution in [2.75, 3.05) is 0 Å². The molecule has 3 rings (SSSR count). The molecule has 0 aliphatic carbocycles. The molecule has 0 fully saturated rings. The van der Waals surface area contributed by atoms with Crippen LogP contribution in [0.5, 0.6) is 0 Å². The zero-order valence-electron chi connectivity index (χ0n) is 14.2. The van der Waals surface area contributed by atoms with E-state index >= 15 is 0 Å². The number of benzene rings is 2. The van der Waals surface area contributed by atoms with Crippen molar-refractivity contribution in [3.05, 3.63) is 72.6 Å². The zero-order chi connectivity index (χ0) is 17.0. The van der Waals surface area contributed by atoms with Gasteiger partial charge in [0.25, 0.3) is 0 Å². The van der Waals surface area contributed by atoms with E-state index in [1.165, 1.54) is 0 Å². The number of hydrogen-bond acceptors (Lipinski definition) is 2. The topological polar surface area (TPSA) is 25.8 Å². The van der Waals surface area contributed by atoms with Crippen molar-refractivity contribution in [2.45, 2.75) is 19.6 Å². The lowest BCUT2D eigenvalue weighted by Gasteiger charge is -2.08. The van der Waals surface area contributed by atoms with E-state index in [1.807, 2.05) is 54.7 Å². The molecule has 2 aromatic carbocycles. The number of aromatic nitrogens is 2. The Morgan fingerprint density at radius 1 is 0.792 bits per heavy atom. The predicted molar refractivity (Wildman–Crippen MR) is 103 cm³/mol. The van der Waals surface area contributed by atoms with E-state index < -0.39 is 8.07 Å². The largest absolute Gasteiger partial charge is 0.236 e. The molecular formula is C21H20N2Si. The third-order valence-corrected chi connectivity index (χ3v) is 4.34. The van der Waals surface area contributed by atoms with Crippen molar-refractivity contribution in [1.29, 1.82) is 0 Å². The number of rotatable bonds is 2. The molecule has 3 heteroatoms. The van der Waals surface area contributed by atoms with Crippen molar-refractivity contribution >= 4 is 8.07 Å². The second-order valence-electron chi connectivity index (χ2n) is 6.69. The van der Waals surface area contributed by atoms with Crippen LogP contribution in [0.4, 0.5) is 0 Å². The summed E-state index contributed by atoms with van der Waals surface area (Å²) in [4.78, 5) is 9.32. The average molecular weight is 328 g/mol. The maximum atomic E-state index is 4.76. The van der Waals surface area contributed by atoms with Gasteiger partial charge in [-0.2, -0.15) is 0 Å². The first-order chi connectivity index (χ1) is 11.5. The normalized spacial score (nSPS) is 10.8. The fourth-order valence-corrected chi connectivity index (χ4v) is 2.77. The highest BCUT2D eigenvalue weighted by atomic mass is 28.3. The lowest BCUT2D eigenvalue weighted by Crippen LogP contribution is -2.16. The Morgan fingerprint density at radius 2 is 1.38 bits per heavy atom. The highest BCUT2D eigenvalue weighted by Crippen LogP contribution is 2.24. The maximum absolute atomic E-state index is 4.76. The molecule has 0 aliphatic rings. The number of nitrogens with zero attached hydrogens (tertiary/aromatic N) is 2. The third-order valence-electron chi connectivity index (χ3n) is 3.46. The fourth-order valence-electron chi connectivity index (χ4n) is 2.28. The first-order valence-electron chi connectivity index (χ1n) is 8.04. The van der Waals surface area contributed by atoms with Crippen LogP contribution in [0.1, 0.15) is 5.69 Å². The van der Waals surface area contributed by atoms with Gasteiger partial charge in [-0.15, -0.1) is 5.54 Å². The summed E-state index contributed by atoms with van der Waals surface area (Å²) in [5.41, 5.74) is 7.32. The molecule has 0 aliphatic heterocycles. The average Bonchev–Trinajstić information content (AvgIpc) is 2.61. The Morgan fingerprint density at radius 3 is 1.96 bits per heavy atom. The summed E-state index contributed by atoms with van der Waals surface area (Å²) in [5, 5.41) is 0. The molecule has 0 unspecified atom stereocenters. The molecule has 0 radical (unpaired) electrons. The quantitative estimate of drug-likeness (QED) is 0.486. The molecule has 0 spiro atoms. The van der Waals surface area contributed by atoms with Crippen LogP contribution in [0.3, 0.4) is 0 Å². The van der Waals surface area contributed by atoms with Crippen LogP contribution in [-0.4, -0.2) is 18.0 Å². The minimum absolute atomic E-state index is 0.718. The van der Waals surface area contributed by atoms with Gasteiger partial charge in [-0.3, -0.25) is 0 Å². The van der Waals surface area contributed by atoms with Gasteiger partial charge in [-0.1, -0.05) is 86.2 Å². The van der Waals surface area contributed by atoms with Crippen LogP contribution in [-0.2, 0) is 0 Å². The highest BCUT2D eigenvalue weighted by Gasteiger charge is 2.11. The molecule has 3 aromatic rings. The summed E-state index contributed by atoms with van der Waals surface area (Å²) in [5.74, 6) is 4.04. The molecule has 1 aromatic heterocycles. The van der Waals surface area contributed by atoms with Crippen LogP contribution in [0.25, 0.3) is 22.5 Å². The van der Waals surface area contributed by atoms with Gasteiger partial charge in [0.05, 0.1) is 0 Å². The van der Waals surface area contributed by atoms with E-state index in [0.717, 1.165) is 28.2 Å². The molecule has 0 amide bonds. The van der Waals surface area contributed by atoms with E-state index in [4.69, 9.17) is 4.98 Å². The van der Waals surface area contributed by atoms with Crippen molar-refractivity contribution < 1.29 is 0 Å². The first kappa shape index (κ1) is 16.2. The fraction of sp³-hybridized carbons (Fsp3) is 0.143. The lowest BCUT2D eigenvalue weighted by atomic mass is 10.1. The second kappa shape index (κ2) is 6.82. The van der Waals surface area contributed by atoms with Crippen LogP contribution < -0.4 is 0 Å². The summed E-state index contributed by atoms with van der Waals surface area (Å²) >= 11 is 0. The summed E-state index contributed by atoms with van der Waals surface area (Å²) in [6, 6.07) is 20.2. The smallest absolute Gasteiger partial charge is 0.160 e. The van der Waals surface area contributed by atoms with Crippen molar-refractivity contribution in [3.8, 4) is 34.0 Å². The SMILES string of the molecule is C[Si](C)(C)C#Cc1nc(-c2ccccc2)ncc1-c1ccccc1. The molecule has 0 N–H and O–H groups in total. The highest BCUT2D eigenvalue weighted by molar-refractivity contribution is 6.83. The van der Waals surface area contributed by atoms with Crippen LogP contribution in [0, 0.1) is 11.5 Å². The van der Waals surface area contributed by atoms with E-state index in [2.05, 4.69) is 48.2 Å². The summed E-state index contributed by atoms with van der Waals surface area (Å²) in [6.45, 7) is 6.71. The van der Waals surface area contributed by atoms with E-state index in [1.54, 1.807) is 0 Å². The van der Waals surface area contributed by atoms with Gasteiger partial charge in [0.2, 0.25) is 0 Å². The third kappa shape index (κ3) is 3.98. The van der Waals surface area contributed by atoms with Gasteiger partial charge in [-0.25, -0.2) is 9.97 Å². The molecule has 0 saturated carbocycles. The lowest BCUT2D eigenvalue weighted by molar-refractivity contribution is 1.16. The van der Waals surface area contributed by atoms with Crippen molar-refractivity contribution in [3.63, 3.8) is 0 Å². The first-order valence-corrected chi connectivity index (χ1v) is 11.5. The standard InChI is InChI=1S/C21H20N2Si/c1-24(2,3)15-14-20-19(17-10-6-4-7-11-17)16-22-21(23-20)18-12-8-5-9-13-18/h4-13,16H,1-3H3. The van der Waals surface area contributed by atoms with Gasteiger partial charge >= 0.3 is 0 Å². The van der Waals surface area contributed by atoms with Gasteiger partial charge < -0.3 is 0 Å². The summed E-state index contributed by atoms with van der Waals surface area (Å²) in [7, 11) is -1.48. The second-order valence-corrected chi connectivity index (χ2v) is 11.4. The molecule has 118 valence electrons. The van der Waals surface area contributed by atoms with Gasteiger partial charge in [0, 0.05) is 17.3 Å². The van der Waals surface area contributed by atoms with E-state index in [0.29, 0.717) is 0 Å². The molecule has 1 heterocycles. The monoisotopic (exact) mass is 328 g/mol. The molecule has 2 nitrogen and oxygen atoms in total. The Kier molecular flexibility index (Phi) is 4.59. The van der Waals surface area contributed by atoms with Crippen molar-refractivity contribution in [1.82, 2.24) is 9.97 Å². The Labute approximate surface area is 144 Å². The maximum Gasteiger partial charge on any atom is 0.160 e. The molecule has 24 heavy (non-hydrogen) atoms. The van der Waals surface area contributed by atoms with Gasteiger partial charge in [0.1, 0.15) is 13.8 Å². The predicted octanol–water partition coefficient (Wildman–Crippen LogP) is 5.04. The Hall–Kier alpha value is -2.70. The molecular weight excluding hydrogens is 308 g/mol. The van der Waals surface area contributed by atoms with Crippen molar-refractivity contribution in [2.24, 2.45) is 0 Å². The van der Waals surface area contributed by atoms with Gasteiger partial charge in [-0.05, 0) is 5.56 Å². The van der Waals surface area contributed by atoms with Crippen LogP contribution >= 0.6 is 0 Å². The summed E-state index contributed by atoms with van der Waals surface area (Å²) < 4.78 is 0. The molecule has 0 bridgehead atoms. The zero-order valence-corrected chi connectivity index (χ0v) is 15.2. The van der Waals surface area contributed by atoms with Gasteiger partial charge in [0.15, 0.2) is 5.82 Å². The van der Waals surface area contributed by atoms with E-state index in [9.17, 15) is 0 Å². The Balaban J connectivity index is 2.14. The summed E-state index contributed by atoms with van der Waals surface area (Å²) in [6.07, 6.45) is 1.89. The number of hydrogen-bond donors (Lipinski definition) is 0. The van der Waals surface area contributed by atoms with Crippen LogP contribution in [0.15, 0.2) is 66.9 Å². The molecule has 0 saturated heterocycles. The van der Waals surface area contributed by atoms with E-state index in [-0.39, 0.29) is 0 Å². The minimum atomic E-state index is -1.48. The van der Waals surface area contributed by atoms with Crippen LogP contribution in [0.2, 0.25) is 19.6 Å².